The largest absolute Gasteiger partial charge is 0.497 e. The van der Waals surface area contributed by atoms with Gasteiger partial charge in [0.05, 0.1) is 13.0 Å². The van der Waals surface area contributed by atoms with E-state index in [4.69, 9.17) is 4.74 Å². The highest BCUT2D eigenvalue weighted by Crippen LogP contribution is 2.40. The Hall–Kier alpha value is -0.960. The second kappa shape index (κ2) is 3.42. The highest BCUT2D eigenvalue weighted by atomic mass is 32.2. The van der Waals surface area contributed by atoms with Gasteiger partial charge in [0.15, 0.2) is 0 Å². The summed E-state index contributed by atoms with van der Waals surface area (Å²) < 4.78 is 5.11. The van der Waals surface area contributed by atoms with Crippen molar-refractivity contribution in [2.45, 2.75) is 10.8 Å². The molecule has 0 fully saturated rings. The van der Waals surface area contributed by atoms with Crippen molar-refractivity contribution < 1.29 is 9.53 Å². The van der Waals surface area contributed by atoms with Crippen LogP contribution in [0.2, 0.25) is 0 Å². The van der Waals surface area contributed by atoms with Crippen molar-refractivity contribution in [1.82, 2.24) is 0 Å². The molecule has 0 N–H and O–H groups in total. The van der Waals surface area contributed by atoms with Gasteiger partial charge in [-0.05, 0) is 23.8 Å². The van der Waals surface area contributed by atoms with Crippen LogP contribution in [0.25, 0.3) is 0 Å². The summed E-state index contributed by atoms with van der Waals surface area (Å²) in [7, 11) is 1.64. The van der Waals surface area contributed by atoms with E-state index in [0.29, 0.717) is 0 Å². The van der Waals surface area contributed by atoms with E-state index in [1.807, 2.05) is 18.2 Å². The van der Waals surface area contributed by atoms with Crippen LogP contribution >= 0.6 is 11.8 Å². The van der Waals surface area contributed by atoms with Crippen molar-refractivity contribution in [2.24, 2.45) is 0 Å². The van der Waals surface area contributed by atoms with Crippen molar-refractivity contribution in [3.05, 3.63) is 23.8 Å². The lowest BCUT2D eigenvalue weighted by atomic mass is 10.0. The molecule has 13 heavy (non-hydrogen) atoms. The zero-order chi connectivity index (χ0) is 9.26. The smallest absolute Gasteiger partial charge is 0.128 e. The quantitative estimate of drug-likeness (QED) is 0.674. The molecule has 2 nitrogen and oxygen atoms in total. The monoisotopic (exact) mass is 194 g/mol. The van der Waals surface area contributed by atoms with Crippen LogP contribution < -0.4 is 4.74 Å². The maximum absolute atomic E-state index is 10.7. The first-order valence-electron chi connectivity index (χ1n) is 4.11. The Morgan fingerprint density at radius 1 is 1.62 bits per heavy atom. The lowest BCUT2D eigenvalue weighted by molar-refractivity contribution is -0.108. The van der Waals surface area contributed by atoms with Gasteiger partial charge in [-0.15, -0.1) is 11.8 Å². The van der Waals surface area contributed by atoms with Crippen LogP contribution in [0, 0.1) is 0 Å². The van der Waals surface area contributed by atoms with Crippen LogP contribution in [-0.4, -0.2) is 19.1 Å². The van der Waals surface area contributed by atoms with Crippen LogP contribution in [0.4, 0.5) is 0 Å². The molecule has 1 aliphatic rings. The van der Waals surface area contributed by atoms with Gasteiger partial charge in [-0.3, -0.25) is 0 Å². The van der Waals surface area contributed by atoms with Crippen molar-refractivity contribution in [3.63, 3.8) is 0 Å². The number of thioether (sulfide) groups is 1. The summed E-state index contributed by atoms with van der Waals surface area (Å²) in [4.78, 5) is 11.9. The van der Waals surface area contributed by atoms with Crippen LogP contribution in [0.1, 0.15) is 11.5 Å². The second-order valence-electron chi connectivity index (χ2n) is 2.96. The third-order valence-electron chi connectivity index (χ3n) is 2.20. The van der Waals surface area contributed by atoms with E-state index in [0.717, 1.165) is 23.4 Å². The molecule has 1 unspecified atom stereocenters. The third-order valence-corrected chi connectivity index (χ3v) is 3.41. The fourth-order valence-corrected chi connectivity index (χ4v) is 2.62. The van der Waals surface area contributed by atoms with Gasteiger partial charge in [-0.2, -0.15) is 0 Å². The Kier molecular flexibility index (Phi) is 2.27. The molecule has 1 aliphatic heterocycles. The summed E-state index contributed by atoms with van der Waals surface area (Å²) in [6.07, 6.45) is 1.01. The highest BCUT2D eigenvalue weighted by molar-refractivity contribution is 7.99. The minimum atomic E-state index is 0.0510. The first-order chi connectivity index (χ1) is 6.35. The second-order valence-corrected chi connectivity index (χ2v) is 4.02. The molecule has 0 bridgehead atoms. The molecule has 0 spiro atoms. The zero-order valence-electron chi connectivity index (χ0n) is 7.32. The average Bonchev–Trinajstić information content (AvgIpc) is 2.59. The summed E-state index contributed by atoms with van der Waals surface area (Å²) in [6.45, 7) is 0. The minimum absolute atomic E-state index is 0.0510. The predicted molar refractivity (Wildman–Crippen MR) is 52.5 cm³/mol. The average molecular weight is 194 g/mol. The van der Waals surface area contributed by atoms with Crippen LogP contribution in [0.15, 0.2) is 23.1 Å². The summed E-state index contributed by atoms with van der Waals surface area (Å²) in [6, 6.07) is 5.90. The molecular weight excluding hydrogens is 184 g/mol. The maximum atomic E-state index is 10.7. The topological polar surface area (TPSA) is 26.3 Å². The van der Waals surface area contributed by atoms with E-state index in [9.17, 15) is 4.79 Å². The number of hydrogen-bond acceptors (Lipinski definition) is 3. The van der Waals surface area contributed by atoms with Crippen LogP contribution in [0.5, 0.6) is 5.75 Å². The number of carbonyl (C=O) groups is 1. The fraction of sp³-hybridized carbons (Fsp3) is 0.300. The molecule has 0 aromatic heterocycles. The first kappa shape index (κ1) is 8.63. The van der Waals surface area contributed by atoms with E-state index >= 15 is 0 Å². The van der Waals surface area contributed by atoms with Gasteiger partial charge < -0.3 is 9.53 Å². The molecule has 1 aromatic carbocycles. The van der Waals surface area contributed by atoms with Gasteiger partial charge in [-0.1, -0.05) is 0 Å². The number of fused-ring (bicyclic) bond motifs is 1. The van der Waals surface area contributed by atoms with E-state index in [2.05, 4.69) is 0 Å². The predicted octanol–water partition coefficient (Wildman–Crippen LogP) is 2.08. The SMILES string of the molecule is COc1ccc2c(c1)C(C=O)CS2. The van der Waals surface area contributed by atoms with Crippen molar-refractivity contribution >= 4 is 18.0 Å². The normalized spacial score (nSPS) is 19.6. The summed E-state index contributed by atoms with van der Waals surface area (Å²) >= 11 is 1.73. The number of rotatable bonds is 2. The third kappa shape index (κ3) is 1.44. The number of hydrogen-bond donors (Lipinski definition) is 0. The molecule has 0 saturated carbocycles. The van der Waals surface area contributed by atoms with Gasteiger partial charge in [0.2, 0.25) is 0 Å². The van der Waals surface area contributed by atoms with Crippen LogP contribution in [-0.2, 0) is 4.79 Å². The molecule has 68 valence electrons. The Labute approximate surface area is 81.3 Å². The zero-order valence-corrected chi connectivity index (χ0v) is 8.14. The van der Waals surface area contributed by atoms with Crippen molar-refractivity contribution in [2.75, 3.05) is 12.9 Å². The highest BCUT2D eigenvalue weighted by Gasteiger charge is 2.22. The van der Waals surface area contributed by atoms with E-state index in [-0.39, 0.29) is 5.92 Å². The number of benzene rings is 1. The number of methoxy groups -OCH3 is 1. The number of carbonyl (C=O) groups excluding carboxylic acids is 1. The molecular formula is C10H10O2S. The molecule has 0 saturated heterocycles. The van der Waals surface area contributed by atoms with Gasteiger partial charge in [0, 0.05) is 10.6 Å². The van der Waals surface area contributed by atoms with Crippen LogP contribution in [0.3, 0.4) is 0 Å². The molecule has 1 atom stereocenters. The summed E-state index contributed by atoms with van der Waals surface area (Å²) in [5, 5.41) is 0. The minimum Gasteiger partial charge on any atom is -0.497 e. The lowest BCUT2D eigenvalue weighted by Crippen LogP contribution is -1.97. The summed E-state index contributed by atoms with van der Waals surface area (Å²) in [5.74, 6) is 1.75. The molecule has 2 rings (SSSR count). The Balaban J connectivity index is 2.42. The molecule has 0 radical (unpaired) electrons. The summed E-state index contributed by atoms with van der Waals surface area (Å²) in [5.41, 5.74) is 1.11. The maximum Gasteiger partial charge on any atom is 0.128 e. The molecule has 1 aromatic rings. The van der Waals surface area contributed by atoms with Gasteiger partial charge >= 0.3 is 0 Å². The van der Waals surface area contributed by atoms with Crippen molar-refractivity contribution in [1.29, 1.82) is 0 Å². The first-order valence-corrected chi connectivity index (χ1v) is 5.09. The van der Waals surface area contributed by atoms with E-state index < -0.39 is 0 Å². The molecule has 0 amide bonds. The molecule has 1 heterocycles. The van der Waals surface area contributed by atoms with Gasteiger partial charge in [-0.25, -0.2) is 0 Å². The van der Waals surface area contributed by atoms with E-state index in [1.54, 1.807) is 18.9 Å². The van der Waals surface area contributed by atoms with Crippen molar-refractivity contribution in [3.8, 4) is 5.75 Å². The molecule has 0 aliphatic carbocycles. The Morgan fingerprint density at radius 2 is 2.46 bits per heavy atom. The Bertz CT molecular complexity index is 336. The van der Waals surface area contributed by atoms with Gasteiger partial charge in [0.1, 0.15) is 12.0 Å². The number of ether oxygens (including phenoxy) is 1. The lowest BCUT2D eigenvalue weighted by Gasteiger charge is -2.04. The number of aldehydes is 1. The Morgan fingerprint density at radius 3 is 3.15 bits per heavy atom. The molecule has 3 heteroatoms. The van der Waals surface area contributed by atoms with Gasteiger partial charge in [0.25, 0.3) is 0 Å². The fourth-order valence-electron chi connectivity index (χ4n) is 1.46. The van der Waals surface area contributed by atoms with E-state index in [1.165, 1.54) is 4.90 Å². The standard InChI is InChI=1S/C10H10O2S/c1-12-8-2-3-10-9(4-8)7(5-11)6-13-10/h2-5,7H,6H2,1H3.